The number of imidazole rings is 1. The van der Waals surface area contributed by atoms with E-state index in [0.717, 1.165) is 16.8 Å². The molecule has 0 spiro atoms. The number of fused-ring (bicyclic) bond motifs is 1. The molecule has 0 atom stereocenters. The minimum atomic E-state index is -0.275. The van der Waals surface area contributed by atoms with Crippen molar-refractivity contribution >= 4 is 28.8 Å². The normalized spacial score (nSPS) is 11.3. The summed E-state index contributed by atoms with van der Waals surface area (Å²) in [4.78, 5) is 18.9. The number of carbonyl (C=O) groups is 1. The zero-order valence-corrected chi connectivity index (χ0v) is 15.5. The van der Waals surface area contributed by atoms with E-state index in [1.807, 2.05) is 47.7 Å². The van der Waals surface area contributed by atoms with Crippen LogP contribution in [0.15, 0.2) is 42.7 Å². The number of rotatable bonds is 6. The Morgan fingerprint density at radius 1 is 1.35 bits per heavy atom. The topological polar surface area (TPSA) is 69.9 Å². The summed E-state index contributed by atoms with van der Waals surface area (Å²) < 4.78 is 1.82. The zero-order valence-electron chi connectivity index (χ0n) is 14.7. The number of benzene rings is 1. The fourth-order valence-electron chi connectivity index (χ4n) is 2.70. The van der Waals surface area contributed by atoms with E-state index in [1.54, 1.807) is 18.3 Å². The van der Waals surface area contributed by atoms with E-state index in [4.69, 9.17) is 16.7 Å². The fourth-order valence-corrected chi connectivity index (χ4v) is 2.88. The van der Waals surface area contributed by atoms with Crippen molar-refractivity contribution < 1.29 is 9.90 Å². The Kier molecular flexibility index (Phi) is 5.56. The largest absolute Gasteiger partial charge is 0.395 e. The van der Waals surface area contributed by atoms with Crippen LogP contribution in [0.3, 0.4) is 0 Å². The van der Waals surface area contributed by atoms with E-state index < -0.39 is 0 Å². The minimum absolute atomic E-state index is 0.0813. The number of aliphatic hydroxyl groups excluding tert-OH is 1. The molecule has 0 unspecified atom stereocenters. The number of nitrogens with one attached hydrogen (secondary N) is 1. The van der Waals surface area contributed by atoms with Crippen LogP contribution in [0, 0.1) is 6.92 Å². The van der Waals surface area contributed by atoms with Crippen molar-refractivity contribution in [1.82, 2.24) is 14.3 Å². The van der Waals surface area contributed by atoms with Crippen molar-refractivity contribution in [3.8, 4) is 0 Å². The molecule has 1 amide bonds. The van der Waals surface area contributed by atoms with E-state index >= 15 is 0 Å². The maximum Gasteiger partial charge on any atom is 0.275 e. The van der Waals surface area contributed by atoms with Gasteiger partial charge in [-0.05, 0) is 55.4 Å². The number of halogens is 1. The highest BCUT2D eigenvalue weighted by molar-refractivity contribution is 6.31. The molecule has 0 aliphatic rings. The van der Waals surface area contributed by atoms with E-state index in [0.29, 0.717) is 29.5 Å². The summed E-state index contributed by atoms with van der Waals surface area (Å²) in [5.74, 6) is -0.275. The van der Waals surface area contributed by atoms with Crippen molar-refractivity contribution in [3.05, 3.63) is 64.6 Å². The van der Waals surface area contributed by atoms with Crippen LogP contribution in [0.25, 0.3) is 5.65 Å². The second-order valence-electron chi connectivity index (χ2n) is 6.32. The Morgan fingerprint density at radius 2 is 2.15 bits per heavy atom. The summed E-state index contributed by atoms with van der Waals surface area (Å²) in [5.41, 5.74) is 3.71. The van der Waals surface area contributed by atoms with Gasteiger partial charge >= 0.3 is 0 Å². The molecule has 0 aliphatic carbocycles. The van der Waals surface area contributed by atoms with E-state index in [9.17, 15) is 4.79 Å². The molecule has 2 N–H and O–H groups in total. The number of likely N-dealkylation sites (N-methyl/N-ethyl adjacent to an activating group) is 1. The van der Waals surface area contributed by atoms with E-state index in [2.05, 4.69) is 10.3 Å². The number of aromatic nitrogens is 2. The van der Waals surface area contributed by atoms with Crippen molar-refractivity contribution in [2.45, 2.75) is 13.5 Å². The maximum absolute atomic E-state index is 12.5. The molecule has 7 heteroatoms. The van der Waals surface area contributed by atoms with Crippen LogP contribution in [0.2, 0.25) is 5.02 Å². The number of amides is 1. The Morgan fingerprint density at radius 3 is 2.92 bits per heavy atom. The number of pyridine rings is 1. The van der Waals surface area contributed by atoms with Gasteiger partial charge in [-0.3, -0.25) is 9.69 Å². The highest BCUT2D eigenvalue weighted by Crippen LogP contribution is 2.22. The maximum atomic E-state index is 12.5. The van der Waals surface area contributed by atoms with Crippen LogP contribution in [0.1, 0.15) is 21.6 Å². The molecule has 26 heavy (non-hydrogen) atoms. The summed E-state index contributed by atoms with van der Waals surface area (Å²) in [7, 11) is 1.90. The van der Waals surface area contributed by atoms with Gasteiger partial charge in [-0.1, -0.05) is 11.6 Å². The summed E-state index contributed by atoms with van der Waals surface area (Å²) in [6.07, 6.45) is 3.59. The number of anilines is 1. The molecule has 2 aromatic heterocycles. The second kappa shape index (κ2) is 7.86. The number of aliphatic hydroxyl groups is 1. The number of nitrogens with zero attached hydrogens (tertiary/aromatic N) is 3. The first kappa shape index (κ1) is 18.4. The van der Waals surface area contributed by atoms with E-state index in [-0.39, 0.29) is 12.5 Å². The lowest BCUT2D eigenvalue weighted by Gasteiger charge is -2.16. The lowest BCUT2D eigenvalue weighted by molar-refractivity contribution is 0.102. The molecule has 3 rings (SSSR count). The fraction of sp³-hybridized carbons (Fsp3) is 0.263. The molecule has 0 saturated heterocycles. The van der Waals surface area contributed by atoms with Gasteiger partial charge in [0.05, 0.1) is 6.61 Å². The predicted molar refractivity (Wildman–Crippen MR) is 103 cm³/mol. The molecule has 0 bridgehead atoms. The van der Waals surface area contributed by atoms with Crippen LogP contribution in [0.5, 0.6) is 0 Å². The monoisotopic (exact) mass is 372 g/mol. The van der Waals surface area contributed by atoms with Gasteiger partial charge in [-0.15, -0.1) is 0 Å². The van der Waals surface area contributed by atoms with Gasteiger partial charge in [-0.25, -0.2) is 4.98 Å². The summed E-state index contributed by atoms with van der Waals surface area (Å²) in [5, 5.41) is 12.5. The Balaban J connectivity index is 1.77. The summed E-state index contributed by atoms with van der Waals surface area (Å²) in [6.45, 7) is 3.19. The number of aryl methyl sites for hydroxylation is 1. The quantitative estimate of drug-likeness (QED) is 0.698. The Bertz CT molecular complexity index is 938. The van der Waals surface area contributed by atoms with Gasteiger partial charge < -0.3 is 14.8 Å². The van der Waals surface area contributed by atoms with Crippen molar-refractivity contribution in [2.75, 3.05) is 25.5 Å². The van der Waals surface area contributed by atoms with Gasteiger partial charge in [0.15, 0.2) is 0 Å². The van der Waals surface area contributed by atoms with Crippen LogP contribution in [0.4, 0.5) is 5.69 Å². The van der Waals surface area contributed by atoms with Crippen LogP contribution >= 0.6 is 11.6 Å². The zero-order chi connectivity index (χ0) is 18.7. The molecule has 3 aromatic rings. The van der Waals surface area contributed by atoms with Crippen molar-refractivity contribution in [3.63, 3.8) is 0 Å². The van der Waals surface area contributed by atoms with Gasteiger partial charge in [0.2, 0.25) is 0 Å². The SMILES string of the molecule is Cc1ccn2cc(C(=O)Nc3ccc(Cl)c(CN(C)CCO)c3)nc2c1. The van der Waals surface area contributed by atoms with Gasteiger partial charge in [0.1, 0.15) is 11.3 Å². The third-order valence-corrected chi connectivity index (χ3v) is 4.44. The van der Waals surface area contributed by atoms with Crippen LogP contribution in [-0.2, 0) is 6.54 Å². The lowest BCUT2D eigenvalue weighted by Crippen LogP contribution is -2.21. The average molecular weight is 373 g/mol. The van der Waals surface area contributed by atoms with Gasteiger partial charge in [0.25, 0.3) is 5.91 Å². The number of hydrogen-bond donors (Lipinski definition) is 2. The van der Waals surface area contributed by atoms with Crippen molar-refractivity contribution in [1.29, 1.82) is 0 Å². The minimum Gasteiger partial charge on any atom is -0.395 e. The highest BCUT2D eigenvalue weighted by Gasteiger charge is 2.13. The smallest absolute Gasteiger partial charge is 0.275 e. The van der Waals surface area contributed by atoms with Crippen LogP contribution < -0.4 is 5.32 Å². The average Bonchev–Trinajstić information content (AvgIpc) is 3.01. The van der Waals surface area contributed by atoms with Gasteiger partial charge in [0, 0.05) is 36.2 Å². The standard InChI is InChI=1S/C19H21ClN4O2/c1-13-5-6-24-12-17(22-18(24)9-13)19(26)21-15-3-4-16(20)14(10-15)11-23(2)7-8-25/h3-6,9-10,12,25H,7-8,11H2,1-2H3,(H,21,26). The molecular formula is C19H21ClN4O2. The summed E-state index contributed by atoms with van der Waals surface area (Å²) in [6, 6.07) is 9.25. The third-order valence-electron chi connectivity index (χ3n) is 4.07. The summed E-state index contributed by atoms with van der Waals surface area (Å²) >= 11 is 6.24. The molecule has 1 aromatic carbocycles. The molecule has 0 radical (unpaired) electrons. The predicted octanol–water partition coefficient (Wildman–Crippen LogP) is 2.97. The van der Waals surface area contributed by atoms with E-state index in [1.165, 1.54) is 0 Å². The van der Waals surface area contributed by atoms with Gasteiger partial charge in [-0.2, -0.15) is 0 Å². The first-order chi connectivity index (χ1) is 12.5. The van der Waals surface area contributed by atoms with Crippen LogP contribution in [-0.4, -0.2) is 45.5 Å². The molecular weight excluding hydrogens is 352 g/mol. The number of carbonyl (C=O) groups excluding carboxylic acids is 1. The molecule has 0 aliphatic heterocycles. The molecule has 0 saturated carbocycles. The number of hydrogen-bond acceptors (Lipinski definition) is 4. The highest BCUT2D eigenvalue weighted by atomic mass is 35.5. The van der Waals surface area contributed by atoms with Crippen molar-refractivity contribution in [2.24, 2.45) is 0 Å². The third kappa shape index (κ3) is 4.22. The first-order valence-corrected chi connectivity index (χ1v) is 8.68. The molecule has 136 valence electrons. The lowest BCUT2D eigenvalue weighted by atomic mass is 10.2. The molecule has 6 nitrogen and oxygen atoms in total. The molecule has 0 fully saturated rings. The first-order valence-electron chi connectivity index (χ1n) is 8.31. The Labute approximate surface area is 157 Å². The molecule has 2 heterocycles. The Hall–Kier alpha value is -2.41. The second-order valence-corrected chi connectivity index (χ2v) is 6.72.